The molecular formula is C20H21F2N3O4. The molecule has 1 aromatic heterocycles. The maximum Gasteiger partial charge on any atom is 0.341 e. The van der Waals surface area contributed by atoms with Gasteiger partial charge in [0.15, 0.2) is 11.6 Å². The molecule has 5 rings (SSSR count). The van der Waals surface area contributed by atoms with Gasteiger partial charge < -0.3 is 25.0 Å². The van der Waals surface area contributed by atoms with Crippen molar-refractivity contribution in [2.24, 2.45) is 5.73 Å². The van der Waals surface area contributed by atoms with Gasteiger partial charge in [-0.3, -0.25) is 4.79 Å². The summed E-state index contributed by atoms with van der Waals surface area (Å²) in [4.78, 5) is 25.7. The quantitative estimate of drug-likeness (QED) is 0.795. The molecule has 0 radical (unpaired) electrons. The number of anilines is 1. The van der Waals surface area contributed by atoms with Crippen molar-refractivity contribution in [3.63, 3.8) is 0 Å². The van der Waals surface area contributed by atoms with Crippen LogP contribution in [0.5, 0.6) is 5.75 Å². The first-order valence-corrected chi connectivity index (χ1v) is 9.65. The summed E-state index contributed by atoms with van der Waals surface area (Å²) in [5.41, 5.74) is 2.88. The fourth-order valence-electron chi connectivity index (χ4n) is 5.13. The molecule has 0 amide bonds. The van der Waals surface area contributed by atoms with E-state index < -0.39 is 34.0 Å². The van der Waals surface area contributed by atoms with Crippen molar-refractivity contribution in [2.45, 2.75) is 43.4 Å². The first-order chi connectivity index (χ1) is 13.7. The second kappa shape index (κ2) is 5.69. The highest BCUT2D eigenvalue weighted by molar-refractivity contribution is 5.97. The van der Waals surface area contributed by atoms with Gasteiger partial charge in [0.1, 0.15) is 23.5 Å². The van der Waals surface area contributed by atoms with Crippen LogP contribution in [0.25, 0.3) is 10.9 Å². The molecule has 0 bridgehead atoms. The smallest absolute Gasteiger partial charge is 0.341 e. The van der Waals surface area contributed by atoms with Gasteiger partial charge in [-0.2, -0.15) is 0 Å². The molecule has 2 fully saturated rings. The summed E-state index contributed by atoms with van der Waals surface area (Å²) in [6.45, 7) is 2.08. The molecule has 1 aliphatic carbocycles. The van der Waals surface area contributed by atoms with Gasteiger partial charge in [-0.05, 0) is 32.3 Å². The topological polar surface area (TPSA) is 97.8 Å². The van der Waals surface area contributed by atoms with Crippen LogP contribution in [-0.4, -0.2) is 46.5 Å². The Morgan fingerprint density at radius 2 is 2.14 bits per heavy atom. The second-order valence-corrected chi connectivity index (χ2v) is 8.51. The van der Waals surface area contributed by atoms with Crippen molar-refractivity contribution in [1.82, 2.24) is 4.57 Å². The SMILES string of the molecule is CC1COc2c(N3CC4(N)CCCC4(F)C3)c(F)cc3c(=O)c(C(=O)O)cn1c23. The van der Waals surface area contributed by atoms with Crippen molar-refractivity contribution in [2.75, 3.05) is 24.6 Å². The number of carbonyl (C=O) groups is 1. The van der Waals surface area contributed by atoms with Crippen LogP contribution in [-0.2, 0) is 0 Å². The number of nitrogens with two attached hydrogens (primary N) is 1. The average molecular weight is 405 g/mol. The van der Waals surface area contributed by atoms with Gasteiger partial charge in [-0.15, -0.1) is 0 Å². The number of hydrogen-bond donors (Lipinski definition) is 2. The van der Waals surface area contributed by atoms with E-state index in [0.717, 1.165) is 6.07 Å². The minimum Gasteiger partial charge on any atom is -0.487 e. The van der Waals surface area contributed by atoms with Crippen LogP contribution in [0.1, 0.15) is 42.6 Å². The fourth-order valence-corrected chi connectivity index (χ4v) is 5.13. The first kappa shape index (κ1) is 18.4. The number of carboxylic acids is 1. The van der Waals surface area contributed by atoms with Crippen LogP contribution in [0.4, 0.5) is 14.5 Å². The maximum absolute atomic E-state index is 15.4. The largest absolute Gasteiger partial charge is 0.487 e. The number of halogens is 2. The molecule has 1 saturated carbocycles. The maximum atomic E-state index is 15.4. The van der Waals surface area contributed by atoms with Crippen LogP contribution in [0, 0.1) is 5.82 Å². The molecule has 3 N–H and O–H groups in total. The van der Waals surface area contributed by atoms with Gasteiger partial charge in [-0.1, -0.05) is 0 Å². The van der Waals surface area contributed by atoms with E-state index in [1.807, 2.05) is 6.92 Å². The summed E-state index contributed by atoms with van der Waals surface area (Å²) in [6, 6.07) is 0.775. The number of nitrogens with zero attached hydrogens (tertiary/aromatic N) is 2. The Hall–Kier alpha value is -2.68. The average Bonchev–Trinajstić information content (AvgIpc) is 3.06. The van der Waals surface area contributed by atoms with Crippen LogP contribution in [0.3, 0.4) is 0 Å². The van der Waals surface area contributed by atoms with E-state index in [1.54, 1.807) is 9.47 Å². The monoisotopic (exact) mass is 405 g/mol. The Morgan fingerprint density at radius 1 is 1.38 bits per heavy atom. The van der Waals surface area contributed by atoms with Crippen molar-refractivity contribution >= 4 is 22.6 Å². The normalized spacial score (nSPS) is 30.5. The summed E-state index contributed by atoms with van der Waals surface area (Å²) in [6.07, 6.45) is 2.81. The molecule has 2 aliphatic heterocycles. The molecule has 1 saturated heterocycles. The standard InChI is InChI=1S/C20H21F2N3O4/c1-10-7-29-17-14-11(16(26)12(18(27)28)6-25(10)14)5-13(21)15(17)24-8-19(22)3-2-4-20(19,23)9-24/h5-6,10H,2-4,7-9,23H2,1H3,(H,27,28). The molecule has 3 aliphatic rings. The van der Waals surface area contributed by atoms with Crippen LogP contribution >= 0.6 is 0 Å². The van der Waals surface area contributed by atoms with Gasteiger partial charge >= 0.3 is 5.97 Å². The van der Waals surface area contributed by atoms with Crippen molar-refractivity contribution in [3.8, 4) is 5.75 Å². The zero-order valence-corrected chi connectivity index (χ0v) is 15.9. The highest BCUT2D eigenvalue weighted by Gasteiger charge is 2.60. The second-order valence-electron chi connectivity index (χ2n) is 8.51. The van der Waals surface area contributed by atoms with E-state index in [0.29, 0.717) is 24.8 Å². The summed E-state index contributed by atoms with van der Waals surface area (Å²) in [5, 5.41) is 9.30. The van der Waals surface area contributed by atoms with Gasteiger partial charge in [0, 0.05) is 12.7 Å². The molecular weight excluding hydrogens is 384 g/mol. The molecule has 9 heteroatoms. The number of carboxylic acid groups (broad SMARTS) is 1. The fraction of sp³-hybridized carbons (Fsp3) is 0.500. The molecule has 7 nitrogen and oxygen atoms in total. The summed E-state index contributed by atoms with van der Waals surface area (Å²) >= 11 is 0. The number of fused-ring (bicyclic) bond motifs is 1. The first-order valence-electron chi connectivity index (χ1n) is 9.65. The van der Waals surface area contributed by atoms with Crippen molar-refractivity contribution < 1.29 is 23.4 Å². The molecule has 3 unspecified atom stereocenters. The number of aromatic carboxylic acids is 1. The molecule has 0 spiro atoms. The molecule has 29 heavy (non-hydrogen) atoms. The summed E-state index contributed by atoms with van der Waals surface area (Å²) in [5.74, 6) is -1.98. The van der Waals surface area contributed by atoms with Crippen LogP contribution in [0.15, 0.2) is 17.1 Å². The highest BCUT2D eigenvalue weighted by atomic mass is 19.1. The molecule has 3 heterocycles. The van der Waals surface area contributed by atoms with Crippen LogP contribution in [0.2, 0.25) is 0 Å². The van der Waals surface area contributed by atoms with Gasteiger partial charge in [0.05, 0.1) is 29.0 Å². The Bertz CT molecular complexity index is 1120. The van der Waals surface area contributed by atoms with Crippen molar-refractivity contribution in [3.05, 3.63) is 33.9 Å². The summed E-state index contributed by atoms with van der Waals surface area (Å²) < 4.78 is 38.1. The van der Waals surface area contributed by atoms with Gasteiger partial charge in [-0.25, -0.2) is 13.6 Å². The van der Waals surface area contributed by atoms with E-state index >= 15 is 8.78 Å². The molecule has 3 atom stereocenters. The van der Waals surface area contributed by atoms with Gasteiger partial charge in [0.2, 0.25) is 5.43 Å². The summed E-state index contributed by atoms with van der Waals surface area (Å²) in [7, 11) is 0. The molecule has 2 aromatic rings. The van der Waals surface area contributed by atoms with E-state index in [9.17, 15) is 14.7 Å². The lowest BCUT2D eigenvalue weighted by atomic mass is 9.89. The minimum atomic E-state index is -1.60. The predicted molar refractivity (Wildman–Crippen MR) is 102 cm³/mol. The third-order valence-electron chi connectivity index (χ3n) is 6.69. The Morgan fingerprint density at radius 3 is 2.83 bits per heavy atom. The van der Waals surface area contributed by atoms with E-state index in [2.05, 4.69) is 0 Å². The molecule has 1 aromatic carbocycles. The predicted octanol–water partition coefficient (Wildman–Crippen LogP) is 2.20. The Balaban J connectivity index is 1.76. The third kappa shape index (κ3) is 2.30. The number of ether oxygens (including phenoxy) is 1. The van der Waals surface area contributed by atoms with E-state index in [4.69, 9.17) is 10.5 Å². The lowest BCUT2D eigenvalue weighted by Gasteiger charge is -2.31. The third-order valence-corrected chi connectivity index (χ3v) is 6.69. The van der Waals surface area contributed by atoms with Crippen molar-refractivity contribution in [1.29, 1.82) is 0 Å². The van der Waals surface area contributed by atoms with E-state index in [1.165, 1.54) is 6.20 Å². The Kier molecular flexibility index (Phi) is 3.60. The Labute approximate surface area is 164 Å². The van der Waals surface area contributed by atoms with Crippen LogP contribution < -0.4 is 20.8 Å². The number of pyridine rings is 1. The number of benzene rings is 1. The zero-order chi connectivity index (χ0) is 20.7. The number of rotatable bonds is 2. The minimum absolute atomic E-state index is 0.0463. The number of aromatic nitrogens is 1. The lowest BCUT2D eigenvalue weighted by Crippen LogP contribution is -2.53. The van der Waals surface area contributed by atoms with Gasteiger partial charge in [0.25, 0.3) is 0 Å². The number of alkyl halides is 1. The zero-order valence-electron chi connectivity index (χ0n) is 15.9. The lowest BCUT2D eigenvalue weighted by molar-refractivity contribution is 0.0694. The van der Waals surface area contributed by atoms with E-state index in [-0.39, 0.29) is 42.6 Å². The highest BCUT2D eigenvalue weighted by Crippen LogP contribution is 2.50. The number of hydrogen-bond acceptors (Lipinski definition) is 5. The molecule has 154 valence electrons.